The molecule has 0 aliphatic rings. The molecule has 0 heterocycles. The van der Waals surface area contributed by atoms with Gasteiger partial charge in [0.25, 0.3) is 0 Å². The Labute approximate surface area is 209 Å². The molecule has 0 aliphatic heterocycles. The molecular weight excluding hydrogens is 434 g/mol. The summed E-state index contributed by atoms with van der Waals surface area (Å²) in [6, 6.07) is 47.3. The molecule has 0 unspecified atom stereocenters. The lowest BCUT2D eigenvalue weighted by atomic mass is 9.84. The van der Waals surface area contributed by atoms with Crippen LogP contribution in [0.25, 0.3) is 65.7 Å². The molecule has 0 radical (unpaired) electrons. The molecule has 0 saturated carbocycles. The van der Waals surface area contributed by atoms with E-state index in [2.05, 4.69) is 121 Å². The molecule has 0 fully saturated rings. The van der Waals surface area contributed by atoms with Crippen LogP contribution < -0.4 is 0 Å². The van der Waals surface area contributed by atoms with Crippen LogP contribution in [0.5, 0.6) is 0 Å². The second kappa shape index (κ2) is 8.08. The molecule has 1 nitrogen and oxygen atoms in total. The highest BCUT2D eigenvalue weighted by molar-refractivity contribution is 6.29. The molecule has 0 amide bonds. The predicted octanol–water partition coefficient (Wildman–Crippen LogP) is 9.46. The lowest BCUT2D eigenvalue weighted by molar-refractivity contribution is 1.48. The van der Waals surface area contributed by atoms with Gasteiger partial charge in [-0.1, -0.05) is 109 Å². The molecule has 0 spiro atoms. The van der Waals surface area contributed by atoms with Crippen LogP contribution in [0.1, 0.15) is 5.56 Å². The first-order chi connectivity index (χ1) is 17.8. The molecular formula is C35H21N. The quantitative estimate of drug-likeness (QED) is 0.243. The van der Waals surface area contributed by atoms with Gasteiger partial charge in [0.1, 0.15) is 0 Å². The van der Waals surface area contributed by atoms with Gasteiger partial charge in [-0.2, -0.15) is 5.26 Å². The third-order valence-electron chi connectivity index (χ3n) is 7.28. The first-order valence-electron chi connectivity index (χ1n) is 12.2. The Morgan fingerprint density at radius 2 is 0.917 bits per heavy atom. The van der Waals surface area contributed by atoms with Crippen molar-refractivity contribution < 1.29 is 0 Å². The number of hydrogen-bond donors (Lipinski definition) is 0. The maximum Gasteiger partial charge on any atom is 0.0991 e. The first kappa shape index (κ1) is 20.4. The van der Waals surface area contributed by atoms with Crippen molar-refractivity contribution in [1.82, 2.24) is 0 Å². The summed E-state index contributed by atoms with van der Waals surface area (Å²) >= 11 is 0. The fourth-order valence-electron chi connectivity index (χ4n) is 5.59. The molecule has 0 saturated heterocycles. The molecule has 0 aliphatic carbocycles. The Morgan fingerprint density at radius 1 is 0.417 bits per heavy atom. The summed E-state index contributed by atoms with van der Waals surface area (Å²) in [5, 5.41) is 16.9. The summed E-state index contributed by atoms with van der Waals surface area (Å²) in [5.41, 5.74) is 7.88. The molecule has 7 aromatic carbocycles. The Morgan fingerprint density at radius 3 is 1.53 bits per heavy atom. The van der Waals surface area contributed by atoms with Crippen LogP contribution in [0, 0.1) is 11.3 Å². The van der Waals surface area contributed by atoms with Gasteiger partial charge in [0.2, 0.25) is 0 Å². The summed E-state index contributed by atoms with van der Waals surface area (Å²) in [6.45, 7) is 0. The molecule has 0 N–H and O–H groups in total. The van der Waals surface area contributed by atoms with Gasteiger partial charge in [-0.05, 0) is 83.9 Å². The Kier molecular flexibility index (Phi) is 4.59. The minimum atomic E-state index is 0.673. The fraction of sp³-hybridized carbons (Fsp3) is 0. The standard InChI is InChI=1S/C35H21N/c36-22-23-11-13-26(14-12-23)33-21-32(25-9-5-2-6-10-25)31-20-19-29-28(24-7-3-1-4-8-24)17-15-27-16-18-30(33)35(31)34(27)29/h1-21H. The lowest BCUT2D eigenvalue weighted by Gasteiger charge is -2.19. The number of benzene rings is 7. The molecule has 7 aromatic rings. The van der Waals surface area contributed by atoms with Crippen molar-refractivity contribution >= 4 is 32.3 Å². The highest BCUT2D eigenvalue weighted by Gasteiger charge is 2.18. The lowest BCUT2D eigenvalue weighted by Crippen LogP contribution is -1.92. The largest absolute Gasteiger partial charge is 0.192 e. The van der Waals surface area contributed by atoms with Crippen LogP contribution in [0.4, 0.5) is 0 Å². The fourth-order valence-corrected chi connectivity index (χ4v) is 5.59. The van der Waals surface area contributed by atoms with Crippen molar-refractivity contribution in [3.05, 3.63) is 133 Å². The van der Waals surface area contributed by atoms with E-state index in [1.54, 1.807) is 0 Å². The SMILES string of the molecule is N#Cc1ccc(-c2cc(-c3ccccc3)c3ccc4c(-c5ccccc5)ccc5ccc2c3c54)cc1. The zero-order valence-electron chi connectivity index (χ0n) is 19.6. The average molecular weight is 456 g/mol. The second-order valence-electron chi connectivity index (χ2n) is 9.25. The van der Waals surface area contributed by atoms with Crippen LogP contribution in [0.3, 0.4) is 0 Å². The molecule has 166 valence electrons. The van der Waals surface area contributed by atoms with Gasteiger partial charge >= 0.3 is 0 Å². The maximum absolute atomic E-state index is 9.32. The zero-order valence-corrected chi connectivity index (χ0v) is 19.6. The highest BCUT2D eigenvalue weighted by Crippen LogP contribution is 2.45. The second-order valence-corrected chi connectivity index (χ2v) is 9.25. The Hall–Kier alpha value is -4.93. The first-order valence-corrected chi connectivity index (χ1v) is 12.2. The van der Waals surface area contributed by atoms with Gasteiger partial charge < -0.3 is 0 Å². The van der Waals surface area contributed by atoms with Gasteiger partial charge in [-0.25, -0.2) is 0 Å². The average Bonchev–Trinajstić information content (AvgIpc) is 2.96. The molecule has 7 rings (SSSR count). The number of nitrogens with zero attached hydrogens (tertiary/aromatic N) is 1. The number of nitriles is 1. The van der Waals surface area contributed by atoms with Gasteiger partial charge in [0.15, 0.2) is 0 Å². The smallest absolute Gasteiger partial charge is 0.0991 e. The number of hydrogen-bond acceptors (Lipinski definition) is 1. The molecule has 0 atom stereocenters. The van der Waals surface area contributed by atoms with E-state index in [9.17, 15) is 5.26 Å². The van der Waals surface area contributed by atoms with E-state index in [-0.39, 0.29) is 0 Å². The molecule has 0 aromatic heterocycles. The Bertz CT molecular complexity index is 1910. The van der Waals surface area contributed by atoms with E-state index < -0.39 is 0 Å². The van der Waals surface area contributed by atoms with E-state index in [4.69, 9.17) is 0 Å². The summed E-state index contributed by atoms with van der Waals surface area (Å²) in [4.78, 5) is 0. The van der Waals surface area contributed by atoms with Crippen LogP contribution in [-0.4, -0.2) is 0 Å². The topological polar surface area (TPSA) is 23.8 Å². The minimum Gasteiger partial charge on any atom is -0.192 e. The van der Waals surface area contributed by atoms with Crippen molar-refractivity contribution in [2.75, 3.05) is 0 Å². The van der Waals surface area contributed by atoms with Crippen molar-refractivity contribution in [2.45, 2.75) is 0 Å². The summed E-state index contributed by atoms with van der Waals surface area (Å²) in [6.07, 6.45) is 0. The normalized spacial score (nSPS) is 11.3. The summed E-state index contributed by atoms with van der Waals surface area (Å²) in [5.74, 6) is 0. The van der Waals surface area contributed by atoms with Crippen LogP contribution in [-0.2, 0) is 0 Å². The molecule has 36 heavy (non-hydrogen) atoms. The van der Waals surface area contributed by atoms with Crippen LogP contribution >= 0.6 is 0 Å². The summed E-state index contributed by atoms with van der Waals surface area (Å²) < 4.78 is 0. The van der Waals surface area contributed by atoms with Crippen molar-refractivity contribution in [3.8, 4) is 39.4 Å². The predicted molar refractivity (Wildman–Crippen MR) is 151 cm³/mol. The molecule has 0 bridgehead atoms. The van der Waals surface area contributed by atoms with E-state index in [1.807, 2.05) is 12.1 Å². The third kappa shape index (κ3) is 3.09. The van der Waals surface area contributed by atoms with E-state index in [0.29, 0.717) is 5.56 Å². The number of rotatable bonds is 3. The molecule has 1 heteroatoms. The van der Waals surface area contributed by atoms with E-state index >= 15 is 0 Å². The maximum atomic E-state index is 9.32. The van der Waals surface area contributed by atoms with Crippen molar-refractivity contribution in [1.29, 1.82) is 5.26 Å². The van der Waals surface area contributed by atoms with Crippen LogP contribution in [0.15, 0.2) is 127 Å². The van der Waals surface area contributed by atoms with Crippen molar-refractivity contribution in [2.24, 2.45) is 0 Å². The monoisotopic (exact) mass is 455 g/mol. The Balaban J connectivity index is 1.64. The van der Waals surface area contributed by atoms with E-state index in [1.165, 1.54) is 60.1 Å². The van der Waals surface area contributed by atoms with Gasteiger partial charge in [0.05, 0.1) is 11.6 Å². The third-order valence-corrected chi connectivity index (χ3v) is 7.28. The highest BCUT2D eigenvalue weighted by atomic mass is 14.2. The zero-order chi connectivity index (χ0) is 24.1. The van der Waals surface area contributed by atoms with E-state index in [0.717, 1.165) is 5.56 Å². The minimum absolute atomic E-state index is 0.673. The van der Waals surface area contributed by atoms with Crippen molar-refractivity contribution in [3.63, 3.8) is 0 Å². The van der Waals surface area contributed by atoms with Crippen LogP contribution in [0.2, 0.25) is 0 Å². The van der Waals surface area contributed by atoms with Gasteiger partial charge in [0, 0.05) is 0 Å². The van der Waals surface area contributed by atoms with Gasteiger partial charge in [-0.3, -0.25) is 0 Å². The summed E-state index contributed by atoms with van der Waals surface area (Å²) in [7, 11) is 0. The van der Waals surface area contributed by atoms with Gasteiger partial charge in [-0.15, -0.1) is 0 Å².